The van der Waals surface area contributed by atoms with Gasteiger partial charge in [0.2, 0.25) is 17.7 Å². The highest BCUT2D eigenvalue weighted by Gasteiger charge is 2.36. The fourth-order valence-corrected chi connectivity index (χ4v) is 2.83. The van der Waals surface area contributed by atoms with Crippen molar-refractivity contribution in [3.63, 3.8) is 0 Å². The van der Waals surface area contributed by atoms with E-state index in [9.17, 15) is 14.4 Å². The van der Waals surface area contributed by atoms with Crippen LogP contribution < -0.4 is 16.8 Å². The summed E-state index contributed by atoms with van der Waals surface area (Å²) in [4.78, 5) is 37.4. The lowest BCUT2D eigenvalue weighted by atomic mass is 10.0. The number of nitrogens with one attached hydrogen (secondary N) is 1. The van der Waals surface area contributed by atoms with Gasteiger partial charge >= 0.3 is 0 Å². The lowest BCUT2D eigenvalue weighted by molar-refractivity contribution is -0.140. The fourth-order valence-electron chi connectivity index (χ4n) is 2.83. The van der Waals surface area contributed by atoms with Crippen molar-refractivity contribution in [3.8, 4) is 0 Å². The molecule has 1 heterocycles. The monoisotopic (exact) mass is 318 g/mol. The first-order chi connectivity index (χ1) is 11.0. The van der Waals surface area contributed by atoms with Crippen LogP contribution in [0.1, 0.15) is 18.4 Å². The van der Waals surface area contributed by atoms with Gasteiger partial charge in [-0.25, -0.2) is 0 Å². The van der Waals surface area contributed by atoms with Crippen LogP contribution in [0.15, 0.2) is 30.3 Å². The van der Waals surface area contributed by atoms with Crippen LogP contribution in [-0.2, 0) is 20.8 Å². The SMILES string of the molecule is NCC(=O)N[C@@H](Cc1ccccc1)C(=O)N1CCC[C@H]1C(N)=O. The second-order valence-electron chi connectivity index (χ2n) is 5.61. The number of hydrogen-bond acceptors (Lipinski definition) is 4. The number of nitrogens with two attached hydrogens (primary N) is 2. The molecule has 1 aliphatic rings. The van der Waals surface area contributed by atoms with Crippen molar-refractivity contribution in [2.24, 2.45) is 11.5 Å². The molecule has 1 aliphatic heterocycles. The molecule has 0 saturated carbocycles. The summed E-state index contributed by atoms with van der Waals surface area (Å²) < 4.78 is 0. The molecule has 7 nitrogen and oxygen atoms in total. The minimum Gasteiger partial charge on any atom is -0.368 e. The van der Waals surface area contributed by atoms with Gasteiger partial charge in [0.15, 0.2) is 0 Å². The molecule has 0 unspecified atom stereocenters. The number of nitrogens with zero attached hydrogens (tertiary/aromatic N) is 1. The summed E-state index contributed by atoms with van der Waals surface area (Å²) in [5, 5.41) is 2.64. The first-order valence-electron chi connectivity index (χ1n) is 7.66. The normalized spacial score (nSPS) is 18.5. The summed E-state index contributed by atoms with van der Waals surface area (Å²) in [6.07, 6.45) is 1.62. The third kappa shape index (κ3) is 4.29. The van der Waals surface area contributed by atoms with Crippen LogP contribution in [0.3, 0.4) is 0 Å². The number of primary amides is 1. The van der Waals surface area contributed by atoms with Gasteiger partial charge in [0.05, 0.1) is 6.54 Å². The van der Waals surface area contributed by atoms with Gasteiger partial charge in [-0.1, -0.05) is 30.3 Å². The van der Waals surface area contributed by atoms with E-state index in [-0.39, 0.29) is 12.5 Å². The summed E-state index contributed by atoms with van der Waals surface area (Å²) in [6.45, 7) is 0.272. The third-order valence-electron chi connectivity index (χ3n) is 3.97. The van der Waals surface area contributed by atoms with E-state index in [1.807, 2.05) is 30.3 Å². The molecule has 1 aromatic rings. The van der Waals surface area contributed by atoms with E-state index in [0.29, 0.717) is 19.4 Å². The molecule has 2 atom stereocenters. The first kappa shape index (κ1) is 17.0. The summed E-state index contributed by atoms with van der Waals surface area (Å²) in [7, 11) is 0. The van der Waals surface area contributed by atoms with Crippen LogP contribution >= 0.6 is 0 Å². The Morgan fingerprint density at radius 3 is 2.57 bits per heavy atom. The van der Waals surface area contributed by atoms with Gasteiger partial charge in [-0.15, -0.1) is 0 Å². The van der Waals surface area contributed by atoms with Crippen molar-refractivity contribution in [1.82, 2.24) is 10.2 Å². The average Bonchev–Trinajstić information content (AvgIpc) is 3.04. The van der Waals surface area contributed by atoms with E-state index < -0.39 is 23.9 Å². The zero-order valence-corrected chi connectivity index (χ0v) is 12.9. The molecule has 1 aromatic carbocycles. The predicted octanol–water partition coefficient (Wildman–Crippen LogP) is -0.851. The molecule has 0 bridgehead atoms. The van der Waals surface area contributed by atoms with E-state index >= 15 is 0 Å². The largest absolute Gasteiger partial charge is 0.368 e. The molecule has 23 heavy (non-hydrogen) atoms. The summed E-state index contributed by atoms with van der Waals surface area (Å²) >= 11 is 0. The van der Waals surface area contributed by atoms with Crippen molar-refractivity contribution in [3.05, 3.63) is 35.9 Å². The van der Waals surface area contributed by atoms with Crippen molar-refractivity contribution in [2.75, 3.05) is 13.1 Å². The molecule has 5 N–H and O–H groups in total. The molecule has 1 fully saturated rings. The Bertz CT molecular complexity index is 576. The molecule has 7 heteroatoms. The third-order valence-corrected chi connectivity index (χ3v) is 3.97. The highest BCUT2D eigenvalue weighted by molar-refractivity contribution is 5.92. The van der Waals surface area contributed by atoms with Gasteiger partial charge in [0, 0.05) is 13.0 Å². The van der Waals surface area contributed by atoms with E-state index in [1.165, 1.54) is 4.90 Å². The zero-order chi connectivity index (χ0) is 16.8. The van der Waals surface area contributed by atoms with E-state index in [4.69, 9.17) is 11.5 Å². The number of hydrogen-bond donors (Lipinski definition) is 3. The maximum absolute atomic E-state index is 12.8. The summed E-state index contributed by atoms with van der Waals surface area (Å²) in [5.74, 6) is -1.22. The van der Waals surface area contributed by atoms with Gasteiger partial charge in [-0.05, 0) is 18.4 Å². The van der Waals surface area contributed by atoms with Crippen molar-refractivity contribution in [2.45, 2.75) is 31.3 Å². The average molecular weight is 318 g/mol. The van der Waals surface area contributed by atoms with E-state index in [2.05, 4.69) is 5.32 Å². The second-order valence-corrected chi connectivity index (χ2v) is 5.61. The number of benzene rings is 1. The molecule has 0 radical (unpaired) electrons. The van der Waals surface area contributed by atoms with Gasteiger partial charge in [0.25, 0.3) is 0 Å². The highest BCUT2D eigenvalue weighted by atomic mass is 16.2. The second kappa shape index (κ2) is 7.73. The standard InChI is InChI=1S/C16H22N4O3/c17-10-14(21)19-12(9-11-5-2-1-3-6-11)16(23)20-8-4-7-13(20)15(18)22/h1-3,5-6,12-13H,4,7-10,17H2,(H2,18,22)(H,19,21)/t12-,13-/m0/s1. The topological polar surface area (TPSA) is 119 Å². The fraction of sp³-hybridized carbons (Fsp3) is 0.438. The quantitative estimate of drug-likeness (QED) is 0.633. The van der Waals surface area contributed by atoms with Crippen LogP contribution in [0.25, 0.3) is 0 Å². The minimum absolute atomic E-state index is 0.197. The molecule has 2 rings (SSSR count). The molecular weight excluding hydrogens is 296 g/mol. The predicted molar refractivity (Wildman–Crippen MR) is 85.1 cm³/mol. The zero-order valence-electron chi connectivity index (χ0n) is 12.9. The smallest absolute Gasteiger partial charge is 0.246 e. The number of amides is 3. The minimum atomic E-state index is -0.756. The molecule has 3 amide bonds. The number of rotatable bonds is 6. The summed E-state index contributed by atoms with van der Waals surface area (Å²) in [5.41, 5.74) is 11.6. The Kier molecular flexibility index (Phi) is 5.70. The Morgan fingerprint density at radius 2 is 1.96 bits per heavy atom. The van der Waals surface area contributed by atoms with Crippen LogP contribution in [-0.4, -0.2) is 47.8 Å². The lowest BCUT2D eigenvalue weighted by Crippen LogP contribution is -2.54. The molecule has 124 valence electrons. The Morgan fingerprint density at radius 1 is 1.26 bits per heavy atom. The molecule has 0 spiro atoms. The Labute approximate surface area is 135 Å². The number of likely N-dealkylation sites (tertiary alicyclic amines) is 1. The van der Waals surface area contributed by atoms with Crippen LogP contribution in [0.5, 0.6) is 0 Å². The van der Waals surface area contributed by atoms with Crippen molar-refractivity contribution < 1.29 is 14.4 Å². The molecule has 0 aromatic heterocycles. The van der Waals surface area contributed by atoms with Gasteiger partial charge < -0.3 is 21.7 Å². The summed E-state index contributed by atoms with van der Waals surface area (Å²) in [6, 6.07) is 8.01. The lowest BCUT2D eigenvalue weighted by Gasteiger charge is -2.27. The maximum atomic E-state index is 12.8. The van der Waals surface area contributed by atoms with Crippen LogP contribution in [0, 0.1) is 0 Å². The first-order valence-corrected chi connectivity index (χ1v) is 7.66. The van der Waals surface area contributed by atoms with E-state index in [1.54, 1.807) is 0 Å². The van der Waals surface area contributed by atoms with Gasteiger partial charge in [0.1, 0.15) is 12.1 Å². The van der Waals surface area contributed by atoms with Gasteiger partial charge in [-0.3, -0.25) is 14.4 Å². The maximum Gasteiger partial charge on any atom is 0.246 e. The van der Waals surface area contributed by atoms with Crippen LogP contribution in [0.2, 0.25) is 0 Å². The van der Waals surface area contributed by atoms with E-state index in [0.717, 1.165) is 12.0 Å². The molecule has 1 saturated heterocycles. The van der Waals surface area contributed by atoms with Crippen LogP contribution in [0.4, 0.5) is 0 Å². The molecule has 0 aliphatic carbocycles. The Balaban J connectivity index is 2.16. The Hall–Kier alpha value is -2.41. The van der Waals surface area contributed by atoms with Crippen molar-refractivity contribution >= 4 is 17.7 Å². The van der Waals surface area contributed by atoms with Gasteiger partial charge in [-0.2, -0.15) is 0 Å². The van der Waals surface area contributed by atoms with Crippen molar-refractivity contribution in [1.29, 1.82) is 0 Å². The molecular formula is C16H22N4O3. The number of carbonyl (C=O) groups excluding carboxylic acids is 3. The highest BCUT2D eigenvalue weighted by Crippen LogP contribution is 2.19. The number of carbonyl (C=O) groups is 3.